The van der Waals surface area contributed by atoms with E-state index in [1.165, 1.54) is 10.5 Å². The van der Waals surface area contributed by atoms with Crippen molar-refractivity contribution in [3.63, 3.8) is 0 Å². The Bertz CT molecular complexity index is 554. The van der Waals surface area contributed by atoms with Crippen molar-refractivity contribution < 1.29 is 14.3 Å². The molecular formula is C16H20N2O3. The predicted molar refractivity (Wildman–Crippen MR) is 78.2 cm³/mol. The van der Waals surface area contributed by atoms with E-state index in [9.17, 15) is 9.59 Å². The summed E-state index contributed by atoms with van der Waals surface area (Å²) in [6.07, 6.45) is 3.00. The fourth-order valence-electron chi connectivity index (χ4n) is 2.56. The molecule has 2 aliphatic rings. The summed E-state index contributed by atoms with van der Waals surface area (Å²) in [5.74, 6) is 0.672. The van der Waals surface area contributed by atoms with Crippen molar-refractivity contribution in [3.8, 4) is 5.75 Å². The molecule has 5 heteroatoms. The van der Waals surface area contributed by atoms with Gasteiger partial charge in [-0.1, -0.05) is 19.1 Å². The highest BCUT2D eigenvalue weighted by molar-refractivity contribution is 6.02. The third-order valence-corrected chi connectivity index (χ3v) is 3.96. The van der Waals surface area contributed by atoms with Crippen LogP contribution in [0.5, 0.6) is 5.75 Å². The molecule has 0 radical (unpaired) electrons. The molecule has 0 atom stereocenters. The predicted octanol–water partition coefficient (Wildman–Crippen LogP) is 2.05. The lowest BCUT2D eigenvalue weighted by Crippen LogP contribution is -2.36. The van der Waals surface area contributed by atoms with Crippen molar-refractivity contribution in [1.82, 2.24) is 9.80 Å². The minimum Gasteiger partial charge on any atom is -0.492 e. The number of imide groups is 1. The Morgan fingerprint density at radius 3 is 2.81 bits per heavy atom. The number of hydrogen-bond donors (Lipinski definition) is 0. The molecule has 1 heterocycles. The van der Waals surface area contributed by atoms with E-state index in [1.54, 1.807) is 4.90 Å². The molecule has 1 aromatic carbocycles. The van der Waals surface area contributed by atoms with Crippen LogP contribution in [0.2, 0.25) is 0 Å². The van der Waals surface area contributed by atoms with Crippen LogP contribution in [0.25, 0.3) is 0 Å². The van der Waals surface area contributed by atoms with E-state index < -0.39 is 0 Å². The Labute approximate surface area is 124 Å². The van der Waals surface area contributed by atoms with E-state index in [-0.39, 0.29) is 24.5 Å². The summed E-state index contributed by atoms with van der Waals surface area (Å²) in [5, 5.41) is 0. The summed E-state index contributed by atoms with van der Waals surface area (Å²) in [7, 11) is 0. The van der Waals surface area contributed by atoms with E-state index in [4.69, 9.17) is 4.74 Å². The third kappa shape index (κ3) is 3.01. The van der Waals surface area contributed by atoms with Gasteiger partial charge in [0.05, 0.1) is 6.54 Å². The summed E-state index contributed by atoms with van der Waals surface area (Å²) >= 11 is 0. The van der Waals surface area contributed by atoms with Crippen molar-refractivity contribution in [1.29, 1.82) is 0 Å². The van der Waals surface area contributed by atoms with Crippen molar-refractivity contribution in [2.75, 3.05) is 19.7 Å². The lowest BCUT2D eigenvalue weighted by atomic mass is 10.2. The number of benzene rings is 1. The van der Waals surface area contributed by atoms with Gasteiger partial charge in [0.1, 0.15) is 18.9 Å². The zero-order valence-electron chi connectivity index (χ0n) is 12.2. The molecule has 5 nitrogen and oxygen atoms in total. The van der Waals surface area contributed by atoms with Gasteiger partial charge in [-0.3, -0.25) is 9.69 Å². The molecule has 21 heavy (non-hydrogen) atoms. The Balaban J connectivity index is 1.52. The van der Waals surface area contributed by atoms with Crippen LogP contribution in [-0.4, -0.2) is 47.5 Å². The molecular weight excluding hydrogens is 268 g/mol. The van der Waals surface area contributed by atoms with Gasteiger partial charge in [0, 0.05) is 6.04 Å². The van der Waals surface area contributed by atoms with Crippen LogP contribution in [0.4, 0.5) is 4.79 Å². The number of hydrogen-bond acceptors (Lipinski definition) is 3. The van der Waals surface area contributed by atoms with Gasteiger partial charge < -0.3 is 9.64 Å². The SMILES string of the molecule is CCc1cccc(OCCN2C(=O)CN(C3CC3)C2=O)c1. The molecule has 1 aliphatic carbocycles. The molecule has 3 amide bonds. The maximum Gasteiger partial charge on any atom is 0.327 e. The number of carbonyl (C=O) groups excluding carboxylic acids is 2. The maximum absolute atomic E-state index is 12.1. The van der Waals surface area contributed by atoms with Crippen LogP contribution in [0.3, 0.4) is 0 Å². The number of urea groups is 1. The molecule has 1 aliphatic heterocycles. The standard InChI is InChI=1S/C16H20N2O3/c1-2-12-4-3-5-14(10-12)21-9-8-17-15(19)11-18(16(17)20)13-6-7-13/h3-5,10,13H,2,6-9,11H2,1H3. The number of aryl methyl sites for hydroxylation is 1. The largest absolute Gasteiger partial charge is 0.492 e. The number of carbonyl (C=O) groups is 2. The van der Waals surface area contributed by atoms with Gasteiger partial charge in [0.15, 0.2) is 0 Å². The Morgan fingerprint density at radius 1 is 1.29 bits per heavy atom. The zero-order chi connectivity index (χ0) is 14.8. The highest BCUT2D eigenvalue weighted by Crippen LogP contribution is 2.30. The van der Waals surface area contributed by atoms with Crippen molar-refractivity contribution in [2.45, 2.75) is 32.2 Å². The summed E-state index contributed by atoms with van der Waals surface area (Å²) < 4.78 is 5.65. The molecule has 1 saturated heterocycles. The average Bonchev–Trinajstić information content (AvgIpc) is 3.29. The maximum atomic E-state index is 12.1. The monoisotopic (exact) mass is 288 g/mol. The first-order valence-electron chi connectivity index (χ1n) is 7.51. The van der Waals surface area contributed by atoms with E-state index in [0.29, 0.717) is 13.2 Å². The molecule has 0 N–H and O–H groups in total. The van der Waals surface area contributed by atoms with E-state index in [0.717, 1.165) is 25.0 Å². The zero-order valence-corrected chi connectivity index (χ0v) is 12.2. The lowest BCUT2D eigenvalue weighted by Gasteiger charge is -2.16. The van der Waals surface area contributed by atoms with Gasteiger partial charge in [-0.2, -0.15) is 0 Å². The molecule has 0 bridgehead atoms. The molecule has 0 spiro atoms. The van der Waals surface area contributed by atoms with Crippen LogP contribution in [0, 0.1) is 0 Å². The number of nitrogens with zero attached hydrogens (tertiary/aromatic N) is 2. The van der Waals surface area contributed by atoms with Crippen LogP contribution in [0.1, 0.15) is 25.3 Å². The first-order chi connectivity index (χ1) is 10.2. The highest BCUT2D eigenvalue weighted by Gasteiger charge is 2.43. The quantitative estimate of drug-likeness (QED) is 0.753. The summed E-state index contributed by atoms with van der Waals surface area (Å²) in [4.78, 5) is 27.0. The Hall–Kier alpha value is -2.04. The minimum atomic E-state index is -0.159. The topological polar surface area (TPSA) is 49.9 Å². The summed E-state index contributed by atoms with van der Waals surface area (Å²) in [6.45, 7) is 2.97. The Morgan fingerprint density at radius 2 is 2.10 bits per heavy atom. The van der Waals surface area contributed by atoms with Gasteiger partial charge in [-0.25, -0.2) is 4.79 Å². The van der Waals surface area contributed by atoms with Crippen LogP contribution < -0.4 is 4.74 Å². The minimum absolute atomic E-state index is 0.113. The molecule has 1 aromatic rings. The average molecular weight is 288 g/mol. The number of rotatable bonds is 6. The van der Waals surface area contributed by atoms with Crippen LogP contribution in [0.15, 0.2) is 24.3 Å². The molecule has 3 rings (SSSR count). The fourth-order valence-corrected chi connectivity index (χ4v) is 2.56. The van der Waals surface area contributed by atoms with Gasteiger partial charge in [-0.05, 0) is 37.0 Å². The van der Waals surface area contributed by atoms with Gasteiger partial charge >= 0.3 is 6.03 Å². The fraction of sp³-hybridized carbons (Fsp3) is 0.500. The molecule has 112 valence electrons. The molecule has 0 aromatic heterocycles. The van der Waals surface area contributed by atoms with E-state index in [2.05, 4.69) is 6.92 Å². The first-order valence-corrected chi connectivity index (χ1v) is 7.51. The van der Waals surface area contributed by atoms with Crippen LogP contribution >= 0.6 is 0 Å². The second-order valence-corrected chi connectivity index (χ2v) is 5.54. The second-order valence-electron chi connectivity index (χ2n) is 5.54. The van der Waals surface area contributed by atoms with Gasteiger partial charge in [0.25, 0.3) is 0 Å². The summed E-state index contributed by atoms with van der Waals surface area (Å²) in [5.41, 5.74) is 1.21. The van der Waals surface area contributed by atoms with Crippen molar-refractivity contribution in [2.24, 2.45) is 0 Å². The van der Waals surface area contributed by atoms with E-state index >= 15 is 0 Å². The first kappa shape index (κ1) is 13.9. The smallest absolute Gasteiger partial charge is 0.327 e. The van der Waals surface area contributed by atoms with E-state index in [1.807, 2.05) is 24.3 Å². The van der Waals surface area contributed by atoms with Gasteiger partial charge in [0.2, 0.25) is 5.91 Å². The van der Waals surface area contributed by atoms with Gasteiger partial charge in [-0.15, -0.1) is 0 Å². The van der Waals surface area contributed by atoms with Crippen molar-refractivity contribution in [3.05, 3.63) is 29.8 Å². The lowest BCUT2D eigenvalue weighted by molar-refractivity contribution is -0.125. The number of ether oxygens (including phenoxy) is 1. The Kier molecular flexibility index (Phi) is 3.82. The van der Waals surface area contributed by atoms with Crippen molar-refractivity contribution >= 4 is 11.9 Å². The molecule has 2 fully saturated rings. The van der Waals surface area contributed by atoms with Crippen LogP contribution in [-0.2, 0) is 11.2 Å². The second kappa shape index (κ2) is 5.76. The molecule has 1 saturated carbocycles. The third-order valence-electron chi connectivity index (χ3n) is 3.96. The highest BCUT2D eigenvalue weighted by atomic mass is 16.5. The molecule has 0 unspecified atom stereocenters. The summed E-state index contributed by atoms with van der Waals surface area (Å²) in [6, 6.07) is 8.01. The number of amides is 3. The normalized spacial score (nSPS) is 18.5.